The Kier molecular flexibility index (Phi) is 7.06. The molecule has 0 atom stereocenters. The van der Waals surface area contributed by atoms with Crippen molar-refractivity contribution in [2.75, 3.05) is 0 Å². The van der Waals surface area contributed by atoms with E-state index in [0.717, 1.165) is 44.3 Å². The van der Waals surface area contributed by atoms with Gasteiger partial charge < -0.3 is 18.4 Å². The van der Waals surface area contributed by atoms with E-state index in [1.165, 1.54) is 38.4 Å². The van der Waals surface area contributed by atoms with Crippen molar-refractivity contribution in [2.45, 2.75) is 38.9 Å². The maximum atomic E-state index is 6.53. The highest BCUT2D eigenvalue weighted by molar-refractivity contribution is 6.62. The molecule has 0 unspecified atom stereocenters. The molecule has 0 saturated carbocycles. The van der Waals surface area contributed by atoms with Gasteiger partial charge in [0.1, 0.15) is 0 Å². The Morgan fingerprint density at radius 2 is 0.868 bits per heavy atom. The second kappa shape index (κ2) is 11.8. The molecule has 1 aliphatic heterocycles. The summed E-state index contributed by atoms with van der Waals surface area (Å²) in [5.74, 6) is 0. The van der Waals surface area contributed by atoms with E-state index in [2.05, 4.69) is 175 Å². The topological polar surface area (TPSA) is 41.2 Å². The Morgan fingerprint density at radius 1 is 0.434 bits per heavy atom. The van der Waals surface area contributed by atoms with Crippen molar-refractivity contribution in [3.8, 4) is 33.6 Å². The molecular weight excluding hydrogens is 649 g/mol. The number of para-hydroxylation sites is 2. The fourth-order valence-electron chi connectivity index (χ4n) is 7.96. The summed E-state index contributed by atoms with van der Waals surface area (Å²) in [7, 11) is -0.448. The quantitative estimate of drug-likeness (QED) is 0.169. The second-order valence-corrected chi connectivity index (χ2v) is 15.1. The zero-order valence-corrected chi connectivity index (χ0v) is 30.2. The Morgan fingerprint density at radius 3 is 1.42 bits per heavy atom. The Hall–Kier alpha value is -5.95. The Bertz CT molecular complexity index is 2810. The van der Waals surface area contributed by atoms with Gasteiger partial charge in [0.15, 0.2) is 0 Å². The Balaban J connectivity index is 1.22. The normalized spacial score (nSPS) is 15.3. The third kappa shape index (κ3) is 5.05. The Labute approximate surface area is 309 Å². The molecule has 0 bridgehead atoms. The molecule has 4 heterocycles. The van der Waals surface area contributed by atoms with Gasteiger partial charge in [0.2, 0.25) is 0 Å². The van der Waals surface area contributed by atoms with Gasteiger partial charge in [0.25, 0.3) is 0 Å². The first-order chi connectivity index (χ1) is 25.8. The predicted octanol–water partition coefficient (Wildman–Crippen LogP) is 10.9. The van der Waals surface area contributed by atoms with E-state index in [1.807, 2.05) is 24.5 Å². The molecule has 53 heavy (non-hydrogen) atoms. The van der Waals surface area contributed by atoms with Crippen LogP contribution in [0.1, 0.15) is 27.7 Å². The first kappa shape index (κ1) is 31.8. The van der Waals surface area contributed by atoms with E-state index in [4.69, 9.17) is 9.31 Å². The molecule has 10 rings (SSSR count). The molecule has 1 saturated heterocycles. The SMILES string of the molecule is CC1(C)OB(c2ccc3c(c2)c2cc4c(cc2n3-c2ccccc2)c2cc(-c3ccc(-c5ccncc5)cc3)ccc2n4-c2ccccc2)OC1(C)C. The lowest BCUT2D eigenvalue weighted by molar-refractivity contribution is 0.00578. The van der Waals surface area contributed by atoms with E-state index in [-0.39, 0.29) is 0 Å². The van der Waals surface area contributed by atoms with Crippen molar-refractivity contribution in [3.05, 3.63) is 158 Å². The molecule has 6 aromatic carbocycles. The zero-order valence-electron chi connectivity index (χ0n) is 30.2. The maximum absolute atomic E-state index is 6.53. The van der Waals surface area contributed by atoms with Crippen LogP contribution in [0.3, 0.4) is 0 Å². The van der Waals surface area contributed by atoms with Crippen LogP contribution in [0.2, 0.25) is 0 Å². The first-order valence-electron chi connectivity index (χ1n) is 18.3. The molecule has 1 aliphatic rings. The van der Waals surface area contributed by atoms with Crippen LogP contribution in [0, 0.1) is 0 Å². The first-order valence-corrected chi connectivity index (χ1v) is 18.3. The number of fused-ring (bicyclic) bond motifs is 6. The largest absolute Gasteiger partial charge is 0.494 e. The molecule has 3 aromatic heterocycles. The number of hydrogen-bond donors (Lipinski definition) is 0. The lowest BCUT2D eigenvalue weighted by atomic mass is 9.78. The van der Waals surface area contributed by atoms with Crippen molar-refractivity contribution in [1.82, 2.24) is 14.1 Å². The van der Waals surface area contributed by atoms with Crippen molar-refractivity contribution in [2.24, 2.45) is 0 Å². The summed E-state index contributed by atoms with van der Waals surface area (Å²) < 4.78 is 17.9. The molecule has 9 aromatic rings. The highest BCUT2D eigenvalue weighted by atomic mass is 16.7. The smallest absolute Gasteiger partial charge is 0.399 e. The van der Waals surface area contributed by atoms with Gasteiger partial charge in [0.05, 0.1) is 33.3 Å². The molecule has 0 radical (unpaired) electrons. The van der Waals surface area contributed by atoms with Crippen LogP contribution in [0.15, 0.2) is 158 Å². The maximum Gasteiger partial charge on any atom is 0.494 e. The van der Waals surface area contributed by atoms with Crippen molar-refractivity contribution >= 4 is 56.2 Å². The number of rotatable bonds is 5. The monoisotopic (exact) mass is 687 g/mol. The average molecular weight is 688 g/mol. The fourth-order valence-corrected chi connectivity index (χ4v) is 7.96. The summed E-state index contributed by atoms with van der Waals surface area (Å²) in [5, 5.41) is 4.77. The van der Waals surface area contributed by atoms with Crippen LogP contribution in [0.5, 0.6) is 0 Å². The van der Waals surface area contributed by atoms with Gasteiger partial charge in [-0.3, -0.25) is 4.98 Å². The second-order valence-electron chi connectivity index (χ2n) is 15.1. The van der Waals surface area contributed by atoms with Gasteiger partial charge in [-0.2, -0.15) is 0 Å². The molecule has 6 heteroatoms. The van der Waals surface area contributed by atoms with Gasteiger partial charge in [0, 0.05) is 45.3 Å². The summed E-state index contributed by atoms with van der Waals surface area (Å²) in [6, 6.07) is 52.6. The van der Waals surface area contributed by atoms with E-state index in [1.54, 1.807) is 0 Å². The van der Waals surface area contributed by atoms with Crippen molar-refractivity contribution in [3.63, 3.8) is 0 Å². The summed E-state index contributed by atoms with van der Waals surface area (Å²) in [6.07, 6.45) is 3.68. The summed E-state index contributed by atoms with van der Waals surface area (Å²) in [5.41, 5.74) is 11.8. The van der Waals surface area contributed by atoms with E-state index in [9.17, 15) is 0 Å². The van der Waals surface area contributed by atoms with Gasteiger partial charge in [-0.1, -0.05) is 78.9 Å². The molecule has 5 nitrogen and oxygen atoms in total. The summed E-state index contributed by atoms with van der Waals surface area (Å²) >= 11 is 0. The number of benzene rings is 6. The zero-order chi connectivity index (χ0) is 35.9. The van der Waals surface area contributed by atoms with Gasteiger partial charge >= 0.3 is 7.12 Å². The van der Waals surface area contributed by atoms with Gasteiger partial charge in [-0.15, -0.1) is 0 Å². The van der Waals surface area contributed by atoms with Crippen LogP contribution >= 0.6 is 0 Å². The summed E-state index contributed by atoms with van der Waals surface area (Å²) in [6.45, 7) is 8.42. The minimum absolute atomic E-state index is 0.423. The minimum atomic E-state index is -0.448. The number of nitrogens with zero attached hydrogens (tertiary/aromatic N) is 3. The third-order valence-electron chi connectivity index (χ3n) is 11.5. The lowest BCUT2D eigenvalue weighted by Gasteiger charge is -2.32. The average Bonchev–Trinajstić information content (AvgIpc) is 3.76. The molecular formula is C47H38BN3O2. The molecule has 1 fully saturated rings. The van der Waals surface area contributed by atoms with Crippen LogP contribution in [0.4, 0.5) is 0 Å². The molecule has 0 spiro atoms. The number of hydrogen-bond acceptors (Lipinski definition) is 3. The third-order valence-corrected chi connectivity index (χ3v) is 11.5. The molecule has 0 amide bonds. The van der Waals surface area contributed by atoms with Gasteiger partial charge in [-0.25, -0.2) is 0 Å². The highest BCUT2D eigenvalue weighted by Crippen LogP contribution is 2.42. The highest BCUT2D eigenvalue weighted by Gasteiger charge is 2.51. The molecule has 256 valence electrons. The number of aromatic nitrogens is 3. The van der Waals surface area contributed by atoms with E-state index >= 15 is 0 Å². The van der Waals surface area contributed by atoms with Crippen LogP contribution in [0.25, 0.3) is 77.2 Å². The minimum Gasteiger partial charge on any atom is -0.399 e. The van der Waals surface area contributed by atoms with E-state index in [0.29, 0.717) is 0 Å². The molecule has 0 N–H and O–H groups in total. The van der Waals surface area contributed by atoms with Gasteiger partial charge in [-0.05, 0) is 122 Å². The summed E-state index contributed by atoms with van der Waals surface area (Å²) in [4.78, 5) is 4.18. The van der Waals surface area contributed by atoms with Crippen LogP contribution < -0.4 is 5.46 Å². The standard InChI is InChI=1S/C47H38BN3O2/c1-46(2)47(3,4)53-48(52-46)35-20-22-43-39(28-35)41-30-44-40(29-45(41)51(43)37-13-9-6-10-14-37)38-27-34(19-21-42(38)50(44)36-11-7-5-8-12-36)32-17-15-31(16-18-32)33-23-25-49-26-24-33/h5-30H,1-4H3. The fraction of sp³-hybridized carbons (Fsp3) is 0.128. The van der Waals surface area contributed by atoms with Crippen LogP contribution in [-0.2, 0) is 9.31 Å². The predicted molar refractivity (Wildman–Crippen MR) is 220 cm³/mol. The van der Waals surface area contributed by atoms with E-state index < -0.39 is 18.3 Å². The van der Waals surface area contributed by atoms with Crippen molar-refractivity contribution in [1.29, 1.82) is 0 Å². The van der Waals surface area contributed by atoms with Crippen LogP contribution in [-0.4, -0.2) is 32.4 Å². The lowest BCUT2D eigenvalue weighted by Crippen LogP contribution is -2.41. The number of pyridine rings is 1. The van der Waals surface area contributed by atoms with Crippen molar-refractivity contribution < 1.29 is 9.31 Å². The molecule has 0 aliphatic carbocycles.